The second-order valence-electron chi connectivity index (χ2n) is 8.20. The van der Waals surface area contributed by atoms with Crippen LogP contribution in [0.15, 0.2) is 29.1 Å². The highest BCUT2D eigenvalue weighted by Gasteiger charge is 2.25. The Bertz CT molecular complexity index is 1030. The molecule has 4 rings (SSSR count). The number of rotatable bonds is 2. The maximum Gasteiger partial charge on any atom is 0.255 e. The number of fused-ring (bicyclic) bond motifs is 2. The van der Waals surface area contributed by atoms with Gasteiger partial charge in [-0.25, -0.2) is 4.98 Å². The highest BCUT2D eigenvalue weighted by Crippen LogP contribution is 2.32. The fourth-order valence-electron chi connectivity index (χ4n) is 3.55. The van der Waals surface area contributed by atoms with Crippen molar-refractivity contribution in [1.29, 1.82) is 0 Å². The van der Waals surface area contributed by atoms with Crippen LogP contribution >= 0.6 is 11.3 Å². The summed E-state index contributed by atoms with van der Waals surface area (Å²) in [6.07, 6.45) is 0.840. The van der Waals surface area contributed by atoms with Crippen LogP contribution < -0.4 is 5.56 Å². The summed E-state index contributed by atoms with van der Waals surface area (Å²) < 4.78 is 1.34. The van der Waals surface area contributed by atoms with E-state index in [2.05, 4.69) is 61.8 Å². The average molecular weight is 368 g/mol. The zero-order chi connectivity index (χ0) is 18.5. The number of nitrogens with one attached hydrogen (secondary N) is 1. The van der Waals surface area contributed by atoms with Gasteiger partial charge in [-0.2, -0.15) is 0 Å². The number of aryl methyl sites for hydroxylation is 1. The molecular weight excluding hydrogens is 342 g/mol. The molecule has 0 amide bonds. The van der Waals surface area contributed by atoms with Crippen molar-refractivity contribution >= 4 is 21.4 Å². The van der Waals surface area contributed by atoms with Gasteiger partial charge in [0.25, 0.3) is 5.56 Å². The lowest BCUT2D eigenvalue weighted by molar-refractivity contribution is 0.242. The van der Waals surface area contributed by atoms with E-state index in [1.807, 2.05) is 11.3 Å². The number of aromatic amines is 1. The first-order valence-electron chi connectivity index (χ1n) is 9.15. The molecule has 1 aliphatic heterocycles. The molecule has 2 aromatic heterocycles. The van der Waals surface area contributed by atoms with Crippen molar-refractivity contribution in [3.05, 3.63) is 62.1 Å². The largest absolute Gasteiger partial charge is 0.310 e. The van der Waals surface area contributed by atoms with Crippen LogP contribution in [0, 0.1) is 6.92 Å². The molecule has 26 heavy (non-hydrogen) atoms. The number of H-pyrrole nitrogens is 1. The summed E-state index contributed by atoms with van der Waals surface area (Å²) in [7, 11) is 0. The standard InChI is InChI=1S/C21H25N3OS/c1-13-14-7-5-6-8-17(14)26-18(13)12-24-10-9-16-15(11-24)19(25)23-20(22-16)21(2,3)4/h5-8H,9-12H2,1-4H3,(H,22,23,25). The molecule has 0 spiro atoms. The molecule has 0 radical (unpaired) electrons. The van der Waals surface area contributed by atoms with Crippen molar-refractivity contribution in [2.75, 3.05) is 6.54 Å². The SMILES string of the molecule is Cc1c(CN2CCc3nc(C(C)(C)C)[nH]c(=O)c3C2)sc2ccccc12. The smallest absolute Gasteiger partial charge is 0.255 e. The fourth-order valence-corrected chi connectivity index (χ4v) is 4.80. The van der Waals surface area contributed by atoms with Crippen LogP contribution in [0.4, 0.5) is 0 Å². The Morgan fingerprint density at radius 3 is 2.77 bits per heavy atom. The summed E-state index contributed by atoms with van der Waals surface area (Å²) in [5, 5.41) is 1.35. The normalized spacial score (nSPS) is 15.4. The van der Waals surface area contributed by atoms with E-state index in [0.717, 1.165) is 36.6 Å². The molecule has 0 bridgehead atoms. The molecule has 0 unspecified atom stereocenters. The van der Waals surface area contributed by atoms with E-state index in [-0.39, 0.29) is 11.0 Å². The Kier molecular flexibility index (Phi) is 4.24. The van der Waals surface area contributed by atoms with Gasteiger partial charge in [0.15, 0.2) is 0 Å². The molecule has 136 valence electrons. The zero-order valence-electron chi connectivity index (χ0n) is 15.8. The van der Waals surface area contributed by atoms with Crippen molar-refractivity contribution < 1.29 is 0 Å². The Morgan fingerprint density at radius 1 is 1.27 bits per heavy atom. The Morgan fingerprint density at radius 2 is 2.04 bits per heavy atom. The Balaban J connectivity index is 1.60. The summed E-state index contributed by atoms with van der Waals surface area (Å²) in [6.45, 7) is 11.0. The summed E-state index contributed by atoms with van der Waals surface area (Å²) in [5.41, 5.74) is 3.06. The van der Waals surface area contributed by atoms with Gasteiger partial charge in [0, 0.05) is 41.0 Å². The quantitative estimate of drug-likeness (QED) is 0.740. The number of benzene rings is 1. The van der Waals surface area contributed by atoms with Crippen molar-refractivity contribution in [2.45, 2.75) is 52.6 Å². The average Bonchev–Trinajstić information content (AvgIpc) is 2.91. The van der Waals surface area contributed by atoms with E-state index in [1.165, 1.54) is 20.5 Å². The minimum absolute atomic E-state index is 0.0256. The number of thiophene rings is 1. The molecule has 0 fully saturated rings. The molecule has 1 aliphatic rings. The molecule has 0 saturated heterocycles. The number of hydrogen-bond acceptors (Lipinski definition) is 4. The fraction of sp³-hybridized carbons (Fsp3) is 0.429. The second-order valence-corrected chi connectivity index (χ2v) is 9.33. The molecule has 3 heterocycles. The summed E-state index contributed by atoms with van der Waals surface area (Å²) >= 11 is 1.87. The lowest BCUT2D eigenvalue weighted by atomic mass is 9.95. The predicted octanol–water partition coefficient (Wildman–Crippen LogP) is 4.15. The van der Waals surface area contributed by atoms with Crippen LogP contribution in [0.3, 0.4) is 0 Å². The van der Waals surface area contributed by atoms with Crippen LogP contribution in [0.25, 0.3) is 10.1 Å². The van der Waals surface area contributed by atoms with Gasteiger partial charge in [0.1, 0.15) is 5.82 Å². The zero-order valence-corrected chi connectivity index (χ0v) is 16.7. The van der Waals surface area contributed by atoms with Gasteiger partial charge in [-0.3, -0.25) is 9.69 Å². The highest BCUT2D eigenvalue weighted by atomic mass is 32.1. The van der Waals surface area contributed by atoms with Crippen LogP contribution in [0.5, 0.6) is 0 Å². The first kappa shape index (κ1) is 17.4. The van der Waals surface area contributed by atoms with Crippen molar-refractivity contribution in [3.63, 3.8) is 0 Å². The Hall–Kier alpha value is -1.98. The number of aromatic nitrogens is 2. The van der Waals surface area contributed by atoms with Gasteiger partial charge in [-0.05, 0) is 23.9 Å². The molecule has 3 aromatic rings. The second kappa shape index (κ2) is 6.32. The van der Waals surface area contributed by atoms with E-state index in [9.17, 15) is 4.79 Å². The van der Waals surface area contributed by atoms with Gasteiger partial charge in [-0.15, -0.1) is 11.3 Å². The van der Waals surface area contributed by atoms with Crippen LogP contribution in [0.2, 0.25) is 0 Å². The molecule has 1 N–H and O–H groups in total. The van der Waals surface area contributed by atoms with Crippen LogP contribution in [-0.4, -0.2) is 21.4 Å². The van der Waals surface area contributed by atoms with Gasteiger partial charge in [0.05, 0.1) is 11.3 Å². The van der Waals surface area contributed by atoms with Crippen molar-refractivity contribution in [3.8, 4) is 0 Å². The van der Waals surface area contributed by atoms with E-state index >= 15 is 0 Å². The number of nitrogens with zero attached hydrogens (tertiary/aromatic N) is 2. The predicted molar refractivity (Wildman–Crippen MR) is 108 cm³/mol. The van der Waals surface area contributed by atoms with Crippen molar-refractivity contribution in [1.82, 2.24) is 14.9 Å². The minimum atomic E-state index is -0.139. The third-order valence-corrected chi connectivity index (χ3v) is 6.43. The molecule has 0 saturated carbocycles. The lowest BCUT2D eigenvalue weighted by Gasteiger charge is -2.28. The van der Waals surface area contributed by atoms with Gasteiger partial charge in [-0.1, -0.05) is 39.0 Å². The maximum atomic E-state index is 12.6. The third kappa shape index (κ3) is 3.10. The van der Waals surface area contributed by atoms with E-state index in [0.29, 0.717) is 6.54 Å². The molecule has 5 heteroatoms. The highest BCUT2D eigenvalue weighted by molar-refractivity contribution is 7.19. The summed E-state index contributed by atoms with van der Waals surface area (Å²) in [6, 6.07) is 8.57. The number of hydrogen-bond donors (Lipinski definition) is 1. The van der Waals surface area contributed by atoms with E-state index in [4.69, 9.17) is 4.98 Å². The first-order chi connectivity index (χ1) is 12.3. The summed E-state index contributed by atoms with van der Waals surface area (Å²) in [4.78, 5) is 24.1. The summed E-state index contributed by atoms with van der Waals surface area (Å²) in [5.74, 6) is 0.787. The molecule has 1 aromatic carbocycles. The van der Waals surface area contributed by atoms with Gasteiger partial charge < -0.3 is 4.98 Å². The monoisotopic (exact) mass is 367 g/mol. The molecule has 0 atom stereocenters. The van der Waals surface area contributed by atoms with E-state index in [1.54, 1.807) is 0 Å². The lowest BCUT2D eigenvalue weighted by Crippen LogP contribution is -2.37. The molecule has 0 aliphatic carbocycles. The minimum Gasteiger partial charge on any atom is -0.310 e. The topological polar surface area (TPSA) is 49.0 Å². The van der Waals surface area contributed by atoms with E-state index < -0.39 is 0 Å². The first-order valence-corrected chi connectivity index (χ1v) is 9.96. The molecular formula is C21H25N3OS. The third-order valence-electron chi connectivity index (χ3n) is 5.17. The maximum absolute atomic E-state index is 12.6. The van der Waals surface area contributed by atoms with Gasteiger partial charge >= 0.3 is 0 Å². The van der Waals surface area contributed by atoms with Crippen LogP contribution in [-0.2, 0) is 24.9 Å². The van der Waals surface area contributed by atoms with Crippen molar-refractivity contribution in [2.24, 2.45) is 0 Å². The van der Waals surface area contributed by atoms with Crippen LogP contribution in [0.1, 0.15) is 48.3 Å². The van der Waals surface area contributed by atoms with Gasteiger partial charge in [0.2, 0.25) is 0 Å². The molecule has 4 nitrogen and oxygen atoms in total. The Labute approximate surface area is 157 Å².